The van der Waals surface area contributed by atoms with Gasteiger partial charge in [0, 0.05) is 23.9 Å². The molecule has 0 unspecified atom stereocenters. The lowest BCUT2D eigenvalue weighted by Gasteiger charge is -2.06. The van der Waals surface area contributed by atoms with Crippen LogP contribution in [0.4, 0.5) is 14.5 Å². The molecule has 0 radical (unpaired) electrons. The van der Waals surface area contributed by atoms with Crippen molar-refractivity contribution >= 4 is 11.9 Å². The van der Waals surface area contributed by atoms with Crippen LogP contribution in [-0.4, -0.2) is 17.9 Å². The second-order valence-electron chi connectivity index (χ2n) is 4.43. The van der Waals surface area contributed by atoms with Gasteiger partial charge in [0.1, 0.15) is 11.5 Å². The second kappa shape index (κ2) is 6.83. The monoisotopic (exact) mass is 291 g/mol. The molecule has 0 aliphatic carbocycles. The number of nitrogens with zero attached hydrogens (tertiary/aromatic N) is 1. The molecule has 3 nitrogen and oxygen atoms in total. The summed E-state index contributed by atoms with van der Waals surface area (Å²) in [5, 5.41) is 9.86. The molecule has 110 valence electrons. The molecule has 2 rings (SSSR count). The normalized spacial score (nSPS) is 11.0. The third-order valence-electron chi connectivity index (χ3n) is 2.73. The fourth-order valence-corrected chi connectivity index (χ4v) is 1.65. The molecule has 0 aliphatic heterocycles. The first-order chi connectivity index (χ1) is 10.1. The number of phenolic OH excluding ortho intramolecular Hbond substituents is 1. The minimum Gasteiger partial charge on any atom is -0.507 e. The molecule has 0 heterocycles. The van der Waals surface area contributed by atoms with E-state index in [2.05, 4.69) is 4.99 Å². The number of aliphatic imine (C=N–C) groups is 1. The Morgan fingerprint density at radius 2 is 1.95 bits per heavy atom. The van der Waals surface area contributed by atoms with E-state index in [9.17, 15) is 13.9 Å². The Labute approximate surface area is 121 Å². The molecule has 0 aliphatic rings. The third-order valence-corrected chi connectivity index (χ3v) is 2.73. The molecule has 0 fully saturated rings. The van der Waals surface area contributed by atoms with Crippen LogP contribution >= 0.6 is 0 Å². The quantitative estimate of drug-likeness (QED) is 0.838. The number of ether oxygens (including phenoxy) is 1. The summed E-state index contributed by atoms with van der Waals surface area (Å²) in [6.45, 7) is 2.56. The topological polar surface area (TPSA) is 41.8 Å². The molecule has 0 bridgehead atoms. The molecule has 1 N–H and O–H groups in total. The molecule has 0 saturated heterocycles. The third kappa shape index (κ3) is 4.02. The van der Waals surface area contributed by atoms with Crippen molar-refractivity contribution in [3.63, 3.8) is 0 Å². The van der Waals surface area contributed by atoms with E-state index in [1.54, 1.807) is 12.1 Å². The first-order valence-electron chi connectivity index (χ1n) is 6.55. The first-order valence-corrected chi connectivity index (χ1v) is 6.55. The van der Waals surface area contributed by atoms with Crippen LogP contribution in [0.5, 0.6) is 11.5 Å². The molecule has 5 heteroatoms. The fourth-order valence-electron chi connectivity index (χ4n) is 1.65. The van der Waals surface area contributed by atoms with E-state index in [1.165, 1.54) is 18.3 Å². The molecular weight excluding hydrogens is 276 g/mol. The van der Waals surface area contributed by atoms with E-state index in [0.29, 0.717) is 17.9 Å². The maximum atomic E-state index is 13.0. The summed E-state index contributed by atoms with van der Waals surface area (Å²) in [5.74, 6) is -1.30. The summed E-state index contributed by atoms with van der Waals surface area (Å²) in [6, 6.07) is 8.18. The van der Waals surface area contributed by atoms with E-state index in [4.69, 9.17) is 4.74 Å². The summed E-state index contributed by atoms with van der Waals surface area (Å²) >= 11 is 0. The van der Waals surface area contributed by atoms with Crippen molar-refractivity contribution < 1.29 is 18.6 Å². The number of hydrogen-bond acceptors (Lipinski definition) is 3. The zero-order valence-corrected chi connectivity index (χ0v) is 11.5. The molecular formula is C16H15F2NO2. The van der Waals surface area contributed by atoms with E-state index in [-0.39, 0.29) is 11.4 Å². The van der Waals surface area contributed by atoms with E-state index in [0.717, 1.165) is 18.6 Å². The van der Waals surface area contributed by atoms with Crippen LogP contribution in [0.3, 0.4) is 0 Å². The molecule has 2 aromatic carbocycles. The fraction of sp³-hybridized carbons (Fsp3) is 0.188. The predicted octanol–water partition coefficient (Wildman–Crippen LogP) is 4.21. The van der Waals surface area contributed by atoms with Crippen molar-refractivity contribution in [2.75, 3.05) is 6.61 Å². The molecule has 2 aromatic rings. The number of rotatable bonds is 5. The maximum Gasteiger partial charge on any atom is 0.160 e. The zero-order valence-electron chi connectivity index (χ0n) is 11.5. The Morgan fingerprint density at radius 3 is 2.62 bits per heavy atom. The van der Waals surface area contributed by atoms with Gasteiger partial charge in [-0.25, -0.2) is 8.78 Å². The summed E-state index contributed by atoms with van der Waals surface area (Å²) < 4.78 is 31.2. The number of halogens is 2. The van der Waals surface area contributed by atoms with E-state index >= 15 is 0 Å². The van der Waals surface area contributed by atoms with Crippen LogP contribution in [-0.2, 0) is 0 Å². The minimum atomic E-state index is -0.961. The summed E-state index contributed by atoms with van der Waals surface area (Å²) in [5.41, 5.74) is 0.725. The van der Waals surface area contributed by atoms with Crippen LogP contribution in [0.15, 0.2) is 41.4 Å². The lowest BCUT2D eigenvalue weighted by atomic mass is 10.2. The van der Waals surface area contributed by atoms with Gasteiger partial charge in [-0.05, 0) is 30.7 Å². The number of aromatic hydroxyl groups is 1. The van der Waals surface area contributed by atoms with Crippen molar-refractivity contribution in [1.82, 2.24) is 0 Å². The van der Waals surface area contributed by atoms with Gasteiger partial charge in [0.15, 0.2) is 11.6 Å². The highest BCUT2D eigenvalue weighted by atomic mass is 19.2. The second-order valence-corrected chi connectivity index (χ2v) is 4.43. The van der Waals surface area contributed by atoms with Gasteiger partial charge in [-0.2, -0.15) is 0 Å². The van der Waals surface area contributed by atoms with Gasteiger partial charge in [-0.3, -0.25) is 4.99 Å². The van der Waals surface area contributed by atoms with Gasteiger partial charge in [0.2, 0.25) is 0 Å². The highest BCUT2D eigenvalue weighted by molar-refractivity contribution is 5.85. The molecule has 0 aromatic heterocycles. The molecule has 21 heavy (non-hydrogen) atoms. The number of phenols is 1. The SMILES string of the molecule is CCCOc1ccc(C=Nc2ccc(F)c(F)c2)c(O)c1. The average molecular weight is 291 g/mol. The summed E-state index contributed by atoms with van der Waals surface area (Å²) in [4.78, 5) is 4.00. The molecule has 0 spiro atoms. The standard InChI is InChI=1S/C16H15F2NO2/c1-2-7-21-13-5-3-11(16(20)9-13)10-19-12-4-6-14(17)15(18)8-12/h3-6,8-10,20H,2,7H2,1H3. The van der Waals surface area contributed by atoms with Crippen molar-refractivity contribution in [2.24, 2.45) is 4.99 Å². The smallest absolute Gasteiger partial charge is 0.160 e. The molecule has 0 atom stereocenters. The van der Waals surface area contributed by atoms with Crippen LogP contribution in [0, 0.1) is 11.6 Å². The molecule has 0 saturated carbocycles. The van der Waals surface area contributed by atoms with Crippen LogP contribution in [0.25, 0.3) is 0 Å². The Hall–Kier alpha value is -2.43. The van der Waals surface area contributed by atoms with Crippen molar-refractivity contribution in [2.45, 2.75) is 13.3 Å². The Bertz CT molecular complexity index is 657. The van der Waals surface area contributed by atoms with Gasteiger partial charge in [-0.1, -0.05) is 6.92 Å². The first kappa shape index (κ1) is 15.0. The van der Waals surface area contributed by atoms with Gasteiger partial charge >= 0.3 is 0 Å². The number of hydrogen-bond donors (Lipinski definition) is 1. The largest absolute Gasteiger partial charge is 0.507 e. The lowest BCUT2D eigenvalue weighted by Crippen LogP contribution is -1.95. The van der Waals surface area contributed by atoms with E-state index in [1.807, 2.05) is 6.92 Å². The predicted molar refractivity (Wildman–Crippen MR) is 77.5 cm³/mol. The van der Waals surface area contributed by atoms with Crippen LogP contribution < -0.4 is 4.74 Å². The Morgan fingerprint density at radius 1 is 1.14 bits per heavy atom. The van der Waals surface area contributed by atoms with Gasteiger partial charge in [0.25, 0.3) is 0 Å². The average Bonchev–Trinajstić information content (AvgIpc) is 2.47. The van der Waals surface area contributed by atoms with E-state index < -0.39 is 11.6 Å². The van der Waals surface area contributed by atoms with Crippen LogP contribution in [0.2, 0.25) is 0 Å². The summed E-state index contributed by atoms with van der Waals surface area (Å²) in [7, 11) is 0. The van der Waals surface area contributed by atoms with Crippen molar-refractivity contribution in [1.29, 1.82) is 0 Å². The van der Waals surface area contributed by atoms with Crippen molar-refractivity contribution in [3.8, 4) is 11.5 Å². The van der Waals surface area contributed by atoms with Gasteiger partial charge in [-0.15, -0.1) is 0 Å². The van der Waals surface area contributed by atoms with Gasteiger partial charge in [0.05, 0.1) is 12.3 Å². The van der Waals surface area contributed by atoms with Crippen LogP contribution in [0.1, 0.15) is 18.9 Å². The Kier molecular flexibility index (Phi) is 4.87. The molecule has 0 amide bonds. The Balaban J connectivity index is 2.15. The van der Waals surface area contributed by atoms with Crippen molar-refractivity contribution in [3.05, 3.63) is 53.6 Å². The number of benzene rings is 2. The maximum absolute atomic E-state index is 13.0. The lowest BCUT2D eigenvalue weighted by molar-refractivity contribution is 0.315. The highest BCUT2D eigenvalue weighted by Crippen LogP contribution is 2.23. The summed E-state index contributed by atoms with van der Waals surface area (Å²) in [6.07, 6.45) is 2.26. The highest BCUT2D eigenvalue weighted by Gasteiger charge is 2.03. The zero-order chi connectivity index (χ0) is 15.2. The minimum absolute atomic E-state index is 0.00920. The van der Waals surface area contributed by atoms with Gasteiger partial charge < -0.3 is 9.84 Å².